The molecule has 1 rings (SSSR count). The zero-order chi connectivity index (χ0) is 8.81. The first kappa shape index (κ1) is 9.76. The van der Waals surface area contributed by atoms with E-state index in [1.807, 2.05) is 0 Å². The topological polar surface area (TPSA) is 0 Å². The molecule has 0 bridgehead atoms. The number of rotatable bonds is 5. The summed E-state index contributed by atoms with van der Waals surface area (Å²) in [5.41, 5.74) is 0. The molecule has 0 aromatic heterocycles. The van der Waals surface area contributed by atoms with Crippen molar-refractivity contribution in [2.24, 2.45) is 0 Å². The first-order valence-electron chi connectivity index (χ1n) is 4.31. The fourth-order valence-corrected chi connectivity index (χ4v) is 4.72. The minimum atomic E-state index is -0.995. The molecule has 0 heterocycles. The van der Waals surface area contributed by atoms with E-state index in [-0.39, 0.29) is 0 Å². The van der Waals surface area contributed by atoms with Crippen LogP contribution in [0.3, 0.4) is 0 Å². The van der Waals surface area contributed by atoms with Gasteiger partial charge in [-0.05, 0) is 0 Å². The summed E-state index contributed by atoms with van der Waals surface area (Å²) in [6.07, 6.45) is 12.0. The molecule has 63 valence electrons. The molecule has 0 atom stereocenters. The molecule has 0 aromatic carbocycles. The Hall–Kier alpha value is -0.326. The maximum atomic E-state index is 3.81. The molecule has 1 aliphatic carbocycles. The van der Waals surface area contributed by atoms with Crippen molar-refractivity contribution in [3.05, 3.63) is 47.4 Å². The van der Waals surface area contributed by atoms with E-state index < -0.39 is 17.9 Å². The van der Waals surface area contributed by atoms with Gasteiger partial charge in [0.2, 0.25) is 0 Å². The molecule has 0 unspecified atom stereocenters. The predicted molar refractivity (Wildman–Crippen MR) is 51.8 cm³/mol. The molecular weight excluding hydrogens is 180 g/mol. The molecule has 0 N–H and O–H groups in total. The van der Waals surface area contributed by atoms with E-state index in [9.17, 15) is 0 Å². The summed E-state index contributed by atoms with van der Waals surface area (Å²) in [5, 5.41) is 0. The van der Waals surface area contributed by atoms with E-state index in [0.717, 1.165) is 0 Å². The monoisotopic (exact) mass is 195 g/mol. The molecule has 0 saturated heterocycles. The van der Waals surface area contributed by atoms with Gasteiger partial charge in [-0.1, -0.05) is 0 Å². The van der Waals surface area contributed by atoms with Gasteiger partial charge in [0.05, 0.1) is 0 Å². The van der Waals surface area contributed by atoms with Crippen LogP contribution in [0.2, 0.25) is 9.45 Å². The molecule has 0 amide bonds. The van der Waals surface area contributed by atoms with Crippen LogP contribution in [-0.2, 0) is 17.9 Å². The summed E-state index contributed by atoms with van der Waals surface area (Å²) in [6.45, 7) is 7.63. The van der Waals surface area contributed by atoms with Gasteiger partial charge in [-0.2, -0.15) is 0 Å². The van der Waals surface area contributed by atoms with Crippen LogP contribution in [0.1, 0.15) is 6.42 Å². The van der Waals surface area contributed by atoms with Crippen molar-refractivity contribution in [1.82, 2.24) is 0 Å². The van der Waals surface area contributed by atoms with E-state index in [0.29, 0.717) is 0 Å². The summed E-state index contributed by atoms with van der Waals surface area (Å²) < 4.78 is 4.16. The third kappa shape index (κ3) is 2.62. The number of allylic oxidation sites excluding steroid dienone is 6. The van der Waals surface area contributed by atoms with Gasteiger partial charge in [0, 0.05) is 0 Å². The van der Waals surface area contributed by atoms with Crippen molar-refractivity contribution in [3.63, 3.8) is 0 Å². The summed E-state index contributed by atoms with van der Waals surface area (Å²) in [4.78, 5) is 0. The third-order valence-electron chi connectivity index (χ3n) is 2.01. The molecular formula is C11H15Ti. The molecule has 12 heavy (non-hydrogen) atoms. The van der Waals surface area contributed by atoms with Crippen LogP contribution in [0.4, 0.5) is 0 Å². The van der Waals surface area contributed by atoms with E-state index in [1.54, 1.807) is 3.88 Å². The van der Waals surface area contributed by atoms with Gasteiger partial charge in [0.15, 0.2) is 0 Å². The Bertz CT molecular complexity index is 213. The zero-order valence-electron chi connectivity index (χ0n) is 7.42. The second-order valence-corrected chi connectivity index (χ2v) is 7.08. The molecule has 0 aromatic rings. The fraction of sp³-hybridized carbons (Fsp3) is 0.273. The third-order valence-corrected chi connectivity index (χ3v) is 6.44. The first-order valence-corrected chi connectivity index (χ1v) is 7.30. The van der Waals surface area contributed by atoms with Crippen molar-refractivity contribution in [1.29, 1.82) is 0 Å². The summed E-state index contributed by atoms with van der Waals surface area (Å²) in [7, 11) is 0. The van der Waals surface area contributed by atoms with Crippen molar-refractivity contribution in [3.8, 4) is 0 Å². The molecule has 0 nitrogen and oxygen atoms in total. The van der Waals surface area contributed by atoms with Crippen molar-refractivity contribution >= 4 is 0 Å². The Labute approximate surface area is 81.2 Å². The van der Waals surface area contributed by atoms with Crippen LogP contribution in [0.15, 0.2) is 47.4 Å². The van der Waals surface area contributed by atoms with E-state index >= 15 is 0 Å². The Morgan fingerprint density at radius 2 is 2.00 bits per heavy atom. The van der Waals surface area contributed by atoms with Gasteiger partial charge in [0.25, 0.3) is 0 Å². The molecule has 1 aliphatic rings. The van der Waals surface area contributed by atoms with Crippen LogP contribution in [0, 0.1) is 0 Å². The Morgan fingerprint density at radius 3 is 2.42 bits per heavy atom. The second-order valence-electron chi connectivity index (χ2n) is 2.91. The number of hydrogen-bond acceptors (Lipinski definition) is 0. The van der Waals surface area contributed by atoms with Crippen molar-refractivity contribution in [2.45, 2.75) is 15.9 Å². The Kier molecular flexibility index (Phi) is 4.35. The van der Waals surface area contributed by atoms with E-state index in [1.165, 1.54) is 15.9 Å². The molecule has 0 fully saturated rings. The fourth-order valence-electron chi connectivity index (χ4n) is 1.40. The van der Waals surface area contributed by atoms with Crippen LogP contribution in [-0.4, -0.2) is 0 Å². The van der Waals surface area contributed by atoms with Gasteiger partial charge >= 0.3 is 81.2 Å². The predicted octanol–water partition coefficient (Wildman–Crippen LogP) is 3.66. The summed E-state index contributed by atoms with van der Waals surface area (Å²) in [6, 6.07) is 0. The van der Waals surface area contributed by atoms with Crippen LogP contribution in [0.25, 0.3) is 0 Å². The SMILES string of the molecule is C=C[CH2][Ti]([CH2]C=C)[C]1=CC=CC1. The molecule has 0 spiro atoms. The van der Waals surface area contributed by atoms with Gasteiger partial charge in [0.1, 0.15) is 0 Å². The first-order chi connectivity index (χ1) is 5.88. The van der Waals surface area contributed by atoms with Gasteiger partial charge in [-0.25, -0.2) is 0 Å². The minimum absolute atomic E-state index is 0.995. The average molecular weight is 195 g/mol. The molecule has 0 radical (unpaired) electrons. The summed E-state index contributed by atoms with van der Waals surface area (Å²) >= 11 is -0.995. The van der Waals surface area contributed by atoms with Gasteiger partial charge < -0.3 is 0 Å². The van der Waals surface area contributed by atoms with Gasteiger partial charge in [-0.15, -0.1) is 0 Å². The van der Waals surface area contributed by atoms with Crippen LogP contribution < -0.4 is 0 Å². The van der Waals surface area contributed by atoms with Crippen LogP contribution >= 0.6 is 0 Å². The van der Waals surface area contributed by atoms with E-state index in [4.69, 9.17) is 0 Å². The molecule has 0 saturated carbocycles. The quantitative estimate of drug-likeness (QED) is 0.464. The standard InChI is InChI=1S/C5H5.2C3H5.Ti/c1-2-4-5-3-1;2*1-3-2;/h1-3H,4H2;2*3H,1-2H2;. The Morgan fingerprint density at radius 1 is 1.33 bits per heavy atom. The second kappa shape index (κ2) is 5.34. The Balaban J connectivity index is 2.52. The normalized spacial score (nSPS) is 14.2. The van der Waals surface area contributed by atoms with Crippen molar-refractivity contribution in [2.75, 3.05) is 0 Å². The average Bonchev–Trinajstić information content (AvgIpc) is 2.56. The number of hydrogen-bond donors (Lipinski definition) is 0. The maximum absolute atomic E-state index is 3.81. The van der Waals surface area contributed by atoms with Crippen molar-refractivity contribution < 1.29 is 17.9 Å². The van der Waals surface area contributed by atoms with E-state index in [2.05, 4.69) is 43.5 Å². The molecule has 0 aliphatic heterocycles. The molecule has 1 heteroatoms. The zero-order valence-corrected chi connectivity index (χ0v) is 8.98. The van der Waals surface area contributed by atoms with Gasteiger partial charge in [-0.3, -0.25) is 0 Å². The van der Waals surface area contributed by atoms with Crippen LogP contribution in [0.5, 0.6) is 0 Å². The summed E-state index contributed by atoms with van der Waals surface area (Å²) in [5.74, 6) is 0.